The molecule has 0 spiro atoms. The zero-order valence-electron chi connectivity index (χ0n) is 17.0. The minimum atomic E-state index is -0.595. The Morgan fingerprint density at radius 2 is 1.70 bits per heavy atom. The van der Waals surface area contributed by atoms with Gasteiger partial charge >= 0.3 is 12.2 Å². The van der Waals surface area contributed by atoms with Gasteiger partial charge in [-0.05, 0) is 70.7 Å². The number of hydrogen-bond acceptors (Lipinski definition) is 5. The van der Waals surface area contributed by atoms with E-state index in [1.54, 1.807) is 37.8 Å². The number of aliphatic hydroxyl groups is 1. The van der Waals surface area contributed by atoms with Crippen molar-refractivity contribution in [2.45, 2.75) is 72.3 Å². The minimum absolute atomic E-state index is 0.142. The number of ether oxygens (including phenoxy) is 2. The number of carbonyl (C=O) groups is 2. The SMILES string of the molecule is CC(C)(C)OC(=O)Nc1ccc(CO)c2c1CCN(C(=O)OC(C)(C)C)C2. The Morgan fingerprint density at radius 1 is 1.07 bits per heavy atom. The molecule has 1 aromatic carbocycles. The lowest BCUT2D eigenvalue weighted by atomic mass is 9.93. The smallest absolute Gasteiger partial charge is 0.412 e. The third-order valence-corrected chi connectivity index (χ3v) is 3.97. The summed E-state index contributed by atoms with van der Waals surface area (Å²) in [7, 11) is 0. The van der Waals surface area contributed by atoms with Crippen LogP contribution in [-0.4, -0.2) is 39.9 Å². The second-order valence-corrected chi connectivity index (χ2v) is 8.67. The molecular formula is C20H30N2O5. The molecule has 2 rings (SSSR count). The van der Waals surface area contributed by atoms with Gasteiger partial charge in [-0.3, -0.25) is 5.32 Å². The maximum atomic E-state index is 12.4. The van der Waals surface area contributed by atoms with Gasteiger partial charge in [-0.15, -0.1) is 0 Å². The van der Waals surface area contributed by atoms with Crippen molar-refractivity contribution in [3.8, 4) is 0 Å². The Morgan fingerprint density at radius 3 is 2.26 bits per heavy atom. The molecule has 27 heavy (non-hydrogen) atoms. The molecular weight excluding hydrogens is 348 g/mol. The van der Waals surface area contributed by atoms with Crippen molar-refractivity contribution in [2.75, 3.05) is 11.9 Å². The molecule has 0 bridgehead atoms. The summed E-state index contributed by atoms with van der Waals surface area (Å²) in [5.41, 5.74) is 1.95. The van der Waals surface area contributed by atoms with Crippen molar-refractivity contribution in [3.63, 3.8) is 0 Å². The largest absolute Gasteiger partial charge is 0.444 e. The number of nitrogens with zero attached hydrogens (tertiary/aromatic N) is 1. The molecule has 0 radical (unpaired) electrons. The molecule has 0 saturated carbocycles. The van der Waals surface area contributed by atoms with Crippen molar-refractivity contribution in [1.82, 2.24) is 4.90 Å². The van der Waals surface area contributed by atoms with Crippen molar-refractivity contribution in [3.05, 3.63) is 28.8 Å². The first kappa shape index (κ1) is 21.0. The average Bonchev–Trinajstić information content (AvgIpc) is 2.51. The van der Waals surface area contributed by atoms with Gasteiger partial charge in [0.25, 0.3) is 0 Å². The molecule has 7 nitrogen and oxygen atoms in total. The predicted octanol–water partition coefficient (Wildman–Crippen LogP) is 3.82. The summed E-state index contributed by atoms with van der Waals surface area (Å²) < 4.78 is 10.8. The summed E-state index contributed by atoms with van der Waals surface area (Å²) in [4.78, 5) is 26.1. The fourth-order valence-corrected chi connectivity index (χ4v) is 2.90. The number of aliphatic hydroxyl groups excluding tert-OH is 1. The van der Waals surface area contributed by atoms with Crippen LogP contribution in [0.5, 0.6) is 0 Å². The van der Waals surface area contributed by atoms with Crippen LogP contribution in [0.25, 0.3) is 0 Å². The lowest BCUT2D eigenvalue weighted by Crippen LogP contribution is -2.40. The lowest BCUT2D eigenvalue weighted by Gasteiger charge is -2.33. The number of fused-ring (bicyclic) bond motifs is 1. The first-order chi connectivity index (χ1) is 12.4. The highest BCUT2D eigenvalue weighted by molar-refractivity contribution is 5.86. The summed E-state index contributed by atoms with van der Waals surface area (Å²) >= 11 is 0. The normalized spacial score (nSPS) is 14.4. The van der Waals surface area contributed by atoms with E-state index in [1.807, 2.05) is 20.8 Å². The van der Waals surface area contributed by atoms with E-state index in [4.69, 9.17) is 9.47 Å². The van der Waals surface area contributed by atoms with E-state index in [9.17, 15) is 14.7 Å². The number of rotatable bonds is 2. The molecule has 0 saturated heterocycles. The third-order valence-electron chi connectivity index (χ3n) is 3.97. The molecule has 1 aromatic rings. The molecule has 1 aliphatic heterocycles. The molecule has 0 fully saturated rings. The van der Waals surface area contributed by atoms with Crippen molar-refractivity contribution in [1.29, 1.82) is 0 Å². The van der Waals surface area contributed by atoms with E-state index in [2.05, 4.69) is 5.32 Å². The van der Waals surface area contributed by atoms with E-state index >= 15 is 0 Å². The quantitative estimate of drug-likeness (QED) is 0.817. The van der Waals surface area contributed by atoms with E-state index in [0.717, 1.165) is 16.7 Å². The zero-order valence-corrected chi connectivity index (χ0v) is 17.0. The number of anilines is 1. The fourth-order valence-electron chi connectivity index (χ4n) is 2.90. The highest BCUT2D eigenvalue weighted by Gasteiger charge is 2.29. The number of benzene rings is 1. The van der Waals surface area contributed by atoms with Crippen LogP contribution in [0.3, 0.4) is 0 Å². The topological polar surface area (TPSA) is 88.1 Å². The Labute approximate surface area is 160 Å². The molecule has 2 amide bonds. The summed E-state index contributed by atoms with van der Waals surface area (Å²) in [5.74, 6) is 0. The summed E-state index contributed by atoms with van der Waals surface area (Å²) in [6.45, 7) is 11.5. The van der Waals surface area contributed by atoms with Crippen LogP contribution in [0.2, 0.25) is 0 Å². The molecule has 150 valence electrons. The zero-order chi connectivity index (χ0) is 20.4. The fraction of sp³-hybridized carbons (Fsp3) is 0.600. The first-order valence-electron chi connectivity index (χ1n) is 9.12. The van der Waals surface area contributed by atoms with Crippen LogP contribution in [0, 0.1) is 0 Å². The summed E-state index contributed by atoms with van der Waals surface area (Å²) in [6.07, 6.45) is -0.369. The Balaban J connectivity index is 2.24. The average molecular weight is 378 g/mol. The first-order valence-corrected chi connectivity index (χ1v) is 9.12. The maximum absolute atomic E-state index is 12.4. The monoisotopic (exact) mass is 378 g/mol. The molecule has 1 heterocycles. The highest BCUT2D eigenvalue weighted by Crippen LogP contribution is 2.30. The van der Waals surface area contributed by atoms with Gasteiger partial charge in [-0.2, -0.15) is 0 Å². The van der Waals surface area contributed by atoms with Gasteiger partial charge in [0.2, 0.25) is 0 Å². The van der Waals surface area contributed by atoms with Crippen LogP contribution in [0.1, 0.15) is 58.2 Å². The Hall–Kier alpha value is -2.28. The number of hydrogen-bond donors (Lipinski definition) is 2. The van der Waals surface area contributed by atoms with Crippen LogP contribution < -0.4 is 5.32 Å². The van der Waals surface area contributed by atoms with Gasteiger partial charge in [0.15, 0.2) is 0 Å². The third kappa shape index (κ3) is 5.85. The van der Waals surface area contributed by atoms with Gasteiger partial charge in [0.1, 0.15) is 11.2 Å². The van der Waals surface area contributed by atoms with Crippen LogP contribution in [0.4, 0.5) is 15.3 Å². The lowest BCUT2D eigenvalue weighted by molar-refractivity contribution is 0.0222. The van der Waals surface area contributed by atoms with E-state index in [0.29, 0.717) is 25.2 Å². The second-order valence-electron chi connectivity index (χ2n) is 8.67. The molecule has 0 atom stereocenters. The number of carbonyl (C=O) groups excluding carboxylic acids is 2. The highest BCUT2D eigenvalue weighted by atomic mass is 16.6. The molecule has 0 aromatic heterocycles. The standard InChI is InChI=1S/C20H30N2O5/c1-19(2,3)26-17(24)21-16-8-7-13(12-23)15-11-22(10-9-14(15)16)18(25)27-20(4,5)6/h7-8,23H,9-12H2,1-6H3,(H,21,24). The second kappa shape index (κ2) is 7.76. The van der Waals surface area contributed by atoms with Gasteiger partial charge in [-0.1, -0.05) is 6.07 Å². The van der Waals surface area contributed by atoms with Gasteiger partial charge in [-0.25, -0.2) is 9.59 Å². The minimum Gasteiger partial charge on any atom is -0.444 e. The molecule has 0 aliphatic carbocycles. The molecule has 7 heteroatoms. The molecule has 1 aliphatic rings. The van der Waals surface area contributed by atoms with Gasteiger partial charge in [0, 0.05) is 18.8 Å². The Bertz CT molecular complexity index is 716. The summed E-state index contributed by atoms with van der Waals surface area (Å²) in [5, 5.41) is 12.5. The van der Waals surface area contributed by atoms with Crippen LogP contribution in [0.15, 0.2) is 12.1 Å². The summed E-state index contributed by atoms with van der Waals surface area (Å²) in [6, 6.07) is 3.52. The number of nitrogens with one attached hydrogen (secondary N) is 1. The van der Waals surface area contributed by atoms with Crippen molar-refractivity contribution in [2.24, 2.45) is 0 Å². The van der Waals surface area contributed by atoms with Crippen molar-refractivity contribution >= 4 is 17.9 Å². The van der Waals surface area contributed by atoms with Crippen molar-refractivity contribution < 1.29 is 24.2 Å². The molecule has 0 unspecified atom stereocenters. The van der Waals surface area contributed by atoms with E-state index in [1.165, 1.54) is 0 Å². The van der Waals surface area contributed by atoms with Gasteiger partial charge < -0.3 is 19.5 Å². The molecule has 2 N–H and O–H groups in total. The predicted molar refractivity (Wildman–Crippen MR) is 103 cm³/mol. The van der Waals surface area contributed by atoms with Crippen LogP contribution >= 0.6 is 0 Å². The van der Waals surface area contributed by atoms with E-state index < -0.39 is 17.3 Å². The van der Waals surface area contributed by atoms with Gasteiger partial charge in [0.05, 0.1) is 6.61 Å². The maximum Gasteiger partial charge on any atom is 0.412 e. The Kier molecular flexibility index (Phi) is 6.04. The number of amides is 2. The van der Waals surface area contributed by atoms with E-state index in [-0.39, 0.29) is 12.7 Å². The van der Waals surface area contributed by atoms with Crippen LogP contribution in [-0.2, 0) is 29.0 Å².